The van der Waals surface area contributed by atoms with Crippen molar-refractivity contribution >= 4 is 11.8 Å². The molecular formula is C36H46N2O4. The van der Waals surface area contributed by atoms with E-state index in [2.05, 4.69) is 22.8 Å². The van der Waals surface area contributed by atoms with Crippen LogP contribution in [0.5, 0.6) is 0 Å². The van der Waals surface area contributed by atoms with Gasteiger partial charge in [0, 0.05) is 24.8 Å². The lowest BCUT2D eigenvalue weighted by molar-refractivity contribution is -0.124. The molecule has 0 saturated carbocycles. The molecule has 224 valence electrons. The number of nitrogens with one attached hydrogen (secondary N) is 2. The fraction of sp³-hybridized carbons (Fsp3) is 0.444. The molecule has 1 aliphatic rings. The number of hydrogen-bond acceptors (Lipinski definition) is 4. The fourth-order valence-electron chi connectivity index (χ4n) is 6.11. The van der Waals surface area contributed by atoms with Crippen LogP contribution in [0.2, 0.25) is 0 Å². The zero-order chi connectivity index (χ0) is 30.1. The van der Waals surface area contributed by atoms with Crippen molar-refractivity contribution in [1.82, 2.24) is 10.6 Å². The smallest absolute Gasteiger partial charge is 0.220 e. The van der Waals surface area contributed by atoms with Crippen LogP contribution in [0.25, 0.3) is 0 Å². The van der Waals surface area contributed by atoms with Crippen molar-refractivity contribution < 1.29 is 19.8 Å². The van der Waals surface area contributed by atoms with E-state index in [1.165, 1.54) is 0 Å². The van der Waals surface area contributed by atoms with Gasteiger partial charge in [-0.3, -0.25) is 9.59 Å². The van der Waals surface area contributed by atoms with Crippen molar-refractivity contribution in [1.29, 1.82) is 0 Å². The average Bonchev–Trinajstić information content (AvgIpc) is 3.25. The average molecular weight is 571 g/mol. The highest BCUT2D eigenvalue weighted by Crippen LogP contribution is 2.32. The number of carbonyl (C=O) groups is 2. The Morgan fingerprint density at radius 2 is 1.45 bits per heavy atom. The Balaban J connectivity index is 1.47. The summed E-state index contributed by atoms with van der Waals surface area (Å²) in [6.45, 7) is 5.89. The zero-order valence-corrected chi connectivity index (χ0v) is 25.1. The van der Waals surface area contributed by atoms with E-state index in [9.17, 15) is 19.8 Å². The van der Waals surface area contributed by atoms with Crippen molar-refractivity contribution in [3.8, 4) is 0 Å². The lowest BCUT2D eigenvalue weighted by atomic mass is 9.82. The van der Waals surface area contributed by atoms with Crippen LogP contribution in [0.4, 0.5) is 0 Å². The van der Waals surface area contributed by atoms with Gasteiger partial charge in [-0.15, -0.1) is 0 Å². The second-order valence-corrected chi connectivity index (χ2v) is 12.9. The van der Waals surface area contributed by atoms with Gasteiger partial charge in [0.15, 0.2) is 0 Å². The molecule has 0 saturated heterocycles. The predicted octanol–water partition coefficient (Wildman–Crippen LogP) is 5.31. The number of fused-ring (bicyclic) bond motifs is 1. The summed E-state index contributed by atoms with van der Waals surface area (Å²) in [6.07, 6.45) is 2.03. The third-order valence-corrected chi connectivity index (χ3v) is 8.08. The summed E-state index contributed by atoms with van der Waals surface area (Å²) >= 11 is 0. The van der Waals surface area contributed by atoms with Gasteiger partial charge in [-0.05, 0) is 80.5 Å². The first kappa shape index (κ1) is 31.5. The number of aliphatic hydroxyl groups is 2. The topological polar surface area (TPSA) is 98.7 Å². The van der Waals surface area contributed by atoms with E-state index in [-0.39, 0.29) is 35.6 Å². The molecule has 5 atom stereocenters. The highest BCUT2D eigenvalue weighted by molar-refractivity contribution is 5.77. The van der Waals surface area contributed by atoms with Crippen LogP contribution in [0, 0.1) is 11.8 Å². The molecule has 4 rings (SSSR count). The maximum atomic E-state index is 13.4. The van der Waals surface area contributed by atoms with Crippen molar-refractivity contribution in [3.63, 3.8) is 0 Å². The van der Waals surface area contributed by atoms with Gasteiger partial charge in [0.2, 0.25) is 11.8 Å². The van der Waals surface area contributed by atoms with Gasteiger partial charge in [-0.1, -0.05) is 84.9 Å². The molecule has 4 N–H and O–H groups in total. The van der Waals surface area contributed by atoms with E-state index >= 15 is 0 Å². The molecule has 1 aliphatic carbocycles. The van der Waals surface area contributed by atoms with E-state index in [1.54, 1.807) is 0 Å². The van der Waals surface area contributed by atoms with Gasteiger partial charge in [0.05, 0.1) is 18.2 Å². The molecule has 6 nitrogen and oxygen atoms in total. The maximum Gasteiger partial charge on any atom is 0.220 e. The van der Waals surface area contributed by atoms with E-state index in [0.29, 0.717) is 38.5 Å². The molecule has 3 aromatic carbocycles. The van der Waals surface area contributed by atoms with Gasteiger partial charge in [-0.25, -0.2) is 0 Å². The zero-order valence-electron chi connectivity index (χ0n) is 25.1. The molecule has 2 amide bonds. The second-order valence-electron chi connectivity index (χ2n) is 12.9. The molecule has 0 unspecified atom stereocenters. The maximum absolute atomic E-state index is 13.4. The van der Waals surface area contributed by atoms with Gasteiger partial charge in [-0.2, -0.15) is 0 Å². The number of benzene rings is 3. The molecule has 3 aromatic rings. The van der Waals surface area contributed by atoms with E-state index in [4.69, 9.17) is 0 Å². The highest BCUT2D eigenvalue weighted by Gasteiger charge is 2.33. The number of carbonyl (C=O) groups excluding carboxylic acids is 2. The Morgan fingerprint density at radius 1 is 0.857 bits per heavy atom. The first-order chi connectivity index (χ1) is 20.1. The van der Waals surface area contributed by atoms with Crippen LogP contribution in [-0.4, -0.2) is 39.8 Å². The van der Waals surface area contributed by atoms with Crippen LogP contribution in [0.3, 0.4) is 0 Å². The van der Waals surface area contributed by atoms with E-state index in [0.717, 1.165) is 22.3 Å². The normalized spacial score (nSPS) is 18.5. The lowest BCUT2D eigenvalue weighted by Gasteiger charge is -2.28. The summed E-state index contributed by atoms with van der Waals surface area (Å²) in [4.78, 5) is 26.0. The van der Waals surface area contributed by atoms with Gasteiger partial charge in [0.1, 0.15) is 0 Å². The van der Waals surface area contributed by atoms with Gasteiger partial charge < -0.3 is 20.8 Å². The first-order valence-electron chi connectivity index (χ1n) is 15.2. The van der Waals surface area contributed by atoms with Crippen LogP contribution < -0.4 is 10.6 Å². The highest BCUT2D eigenvalue weighted by atomic mass is 16.3. The molecule has 0 spiro atoms. The molecular weight excluding hydrogens is 524 g/mol. The minimum absolute atomic E-state index is 0.0247. The predicted molar refractivity (Wildman–Crippen MR) is 167 cm³/mol. The van der Waals surface area contributed by atoms with Crippen molar-refractivity contribution in [2.75, 3.05) is 0 Å². The third-order valence-electron chi connectivity index (χ3n) is 8.08. The minimum atomic E-state index is -0.688. The second kappa shape index (κ2) is 14.6. The molecule has 0 radical (unpaired) electrons. The van der Waals surface area contributed by atoms with E-state index in [1.807, 2.05) is 93.6 Å². The van der Waals surface area contributed by atoms with Crippen LogP contribution in [0.15, 0.2) is 84.9 Å². The Morgan fingerprint density at radius 3 is 2.10 bits per heavy atom. The number of hydrogen-bond donors (Lipinski definition) is 4. The number of amides is 2. The SMILES string of the molecule is CC(C)(C)NC(=O)CC[C@H](Cc1ccccc1)[C@@H](O)C[C@H](CC(=O)N[C@H]1c2ccccc2C[C@H]1O)Cc1ccccc1. The molecule has 0 bridgehead atoms. The Labute approximate surface area is 250 Å². The largest absolute Gasteiger partial charge is 0.393 e. The molecule has 42 heavy (non-hydrogen) atoms. The van der Waals surface area contributed by atoms with Gasteiger partial charge >= 0.3 is 0 Å². The summed E-state index contributed by atoms with van der Waals surface area (Å²) in [5.74, 6) is -0.405. The summed E-state index contributed by atoms with van der Waals surface area (Å²) in [7, 11) is 0. The number of aliphatic hydroxyl groups excluding tert-OH is 2. The summed E-state index contributed by atoms with van der Waals surface area (Å²) in [5, 5.41) is 28.4. The summed E-state index contributed by atoms with van der Waals surface area (Å²) in [5.41, 5.74) is 3.94. The van der Waals surface area contributed by atoms with Crippen LogP contribution >= 0.6 is 0 Å². The summed E-state index contributed by atoms with van der Waals surface area (Å²) in [6, 6.07) is 27.5. The third kappa shape index (κ3) is 9.53. The van der Waals surface area contributed by atoms with E-state index < -0.39 is 18.2 Å². The molecule has 0 aliphatic heterocycles. The van der Waals surface area contributed by atoms with Crippen molar-refractivity contribution in [3.05, 3.63) is 107 Å². The molecule has 0 heterocycles. The monoisotopic (exact) mass is 570 g/mol. The molecule has 0 aromatic heterocycles. The fourth-order valence-corrected chi connectivity index (χ4v) is 6.11. The summed E-state index contributed by atoms with van der Waals surface area (Å²) < 4.78 is 0. The Kier molecular flexibility index (Phi) is 10.9. The molecule has 6 heteroatoms. The van der Waals surface area contributed by atoms with Crippen LogP contribution in [0.1, 0.15) is 74.8 Å². The standard InChI is InChI=1S/C36H46N2O4/c1-36(2,3)38-33(41)19-18-29(21-26-14-8-5-9-15-26)31(39)22-27(20-25-12-6-4-7-13-25)23-34(42)37-35-30-17-11-10-16-28(30)24-32(35)40/h4-17,27,29,31-32,35,39-40H,18-24H2,1-3H3,(H,37,42)(H,38,41)/t27-,29-,31+,32-,35+/m1/s1. The van der Waals surface area contributed by atoms with Crippen molar-refractivity contribution in [2.24, 2.45) is 11.8 Å². The quantitative estimate of drug-likeness (QED) is 0.224. The van der Waals surface area contributed by atoms with Crippen LogP contribution in [-0.2, 0) is 28.9 Å². The first-order valence-corrected chi connectivity index (χ1v) is 15.2. The lowest BCUT2D eigenvalue weighted by Crippen LogP contribution is -2.41. The molecule has 0 fully saturated rings. The Bertz CT molecular complexity index is 1290. The number of rotatable bonds is 13. The van der Waals surface area contributed by atoms with Gasteiger partial charge in [0.25, 0.3) is 0 Å². The van der Waals surface area contributed by atoms with Crippen molar-refractivity contribution in [2.45, 2.75) is 89.5 Å². The minimum Gasteiger partial charge on any atom is -0.393 e. The Hall–Kier alpha value is -3.48.